The zero-order chi connectivity index (χ0) is 23.5. The van der Waals surface area contributed by atoms with Gasteiger partial charge >= 0.3 is 6.18 Å². The molecule has 5 heterocycles. The summed E-state index contributed by atoms with van der Waals surface area (Å²) in [5.41, 5.74) is -1.07. The van der Waals surface area contributed by atoms with E-state index in [9.17, 15) is 26.7 Å². The predicted octanol–water partition coefficient (Wildman–Crippen LogP) is 4.33. The van der Waals surface area contributed by atoms with Crippen molar-refractivity contribution < 1.29 is 26.7 Å². The van der Waals surface area contributed by atoms with E-state index in [2.05, 4.69) is 20.1 Å². The van der Waals surface area contributed by atoms with Crippen LogP contribution in [-0.4, -0.2) is 47.5 Å². The Morgan fingerprint density at radius 2 is 1.85 bits per heavy atom. The third kappa shape index (κ3) is 3.70. The van der Waals surface area contributed by atoms with Crippen molar-refractivity contribution in [3.8, 4) is 0 Å². The van der Waals surface area contributed by atoms with E-state index in [1.165, 1.54) is 29.9 Å². The highest BCUT2D eigenvalue weighted by Gasteiger charge is 2.47. The van der Waals surface area contributed by atoms with Crippen LogP contribution in [0.5, 0.6) is 0 Å². The Morgan fingerprint density at radius 3 is 2.58 bits per heavy atom. The van der Waals surface area contributed by atoms with E-state index in [0.29, 0.717) is 31.4 Å². The maximum Gasteiger partial charge on any atom is 0.433 e. The third-order valence-corrected chi connectivity index (χ3v) is 6.45. The summed E-state index contributed by atoms with van der Waals surface area (Å²) in [5.74, 6) is -0.802. The molecule has 0 radical (unpaired) electrons. The van der Waals surface area contributed by atoms with E-state index >= 15 is 0 Å². The van der Waals surface area contributed by atoms with E-state index in [4.69, 9.17) is 0 Å². The molecule has 0 aliphatic carbocycles. The second kappa shape index (κ2) is 7.70. The lowest BCUT2D eigenvalue weighted by Crippen LogP contribution is -2.47. The predicted molar refractivity (Wildman–Crippen MR) is 105 cm³/mol. The molecule has 0 aromatic carbocycles. The van der Waals surface area contributed by atoms with Crippen LogP contribution in [0.2, 0.25) is 0 Å². The second-order valence-corrected chi connectivity index (χ2v) is 8.45. The lowest BCUT2D eigenvalue weighted by atomic mass is 9.86. The molecule has 2 fully saturated rings. The van der Waals surface area contributed by atoms with Crippen LogP contribution < -0.4 is 0 Å². The normalized spacial score (nSPS) is 23.0. The Labute approximate surface area is 184 Å². The van der Waals surface area contributed by atoms with Crippen molar-refractivity contribution in [1.29, 1.82) is 0 Å². The first kappa shape index (κ1) is 21.7. The highest BCUT2D eigenvalue weighted by Crippen LogP contribution is 2.45. The van der Waals surface area contributed by atoms with Gasteiger partial charge in [-0.25, -0.2) is 23.3 Å². The molecular formula is C21H19F5N6O. The van der Waals surface area contributed by atoms with Gasteiger partial charge in [0.2, 0.25) is 0 Å². The number of fused-ring (bicyclic) bond motifs is 3. The van der Waals surface area contributed by atoms with Crippen LogP contribution in [0.1, 0.15) is 71.2 Å². The number of piperidine rings is 1. The van der Waals surface area contributed by atoms with Gasteiger partial charge in [0, 0.05) is 29.3 Å². The van der Waals surface area contributed by atoms with Gasteiger partial charge < -0.3 is 4.90 Å². The van der Waals surface area contributed by atoms with E-state index in [1.807, 2.05) is 0 Å². The standard InChI is InChI=1S/C21H19F5N6O/c1-10-6-11(7-17(29-10)21(24,25)26)19(33)31-12-2-4-13(15(31)5-3-12)16-8-14(18(22)23)30-20-27-9-28-32(16)20/h6-9,12-13,15,18H,2-5H2,1H3/t12-,13-,15-/m1/s1. The number of rotatable bonds is 3. The van der Waals surface area contributed by atoms with Crippen molar-refractivity contribution in [2.75, 3.05) is 0 Å². The van der Waals surface area contributed by atoms with Gasteiger partial charge in [-0.15, -0.1) is 0 Å². The number of hydrogen-bond acceptors (Lipinski definition) is 5. The largest absolute Gasteiger partial charge is 0.433 e. The fourth-order valence-corrected chi connectivity index (χ4v) is 5.13. The van der Waals surface area contributed by atoms with E-state index < -0.39 is 29.9 Å². The Morgan fingerprint density at radius 1 is 1.09 bits per heavy atom. The van der Waals surface area contributed by atoms with Crippen molar-refractivity contribution in [3.63, 3.8) is 0 Å². The number of hydrogen-bond donors (Lipinski definition) is 0. The van der Waals surface area contributed by atoms with Crippen LogP contribution in [0.25, 0.3) is 5.78 Å². The minimum absolute atomic E-state index is 0.0420. The molecule has 1 amide bonds. The van der Waals surface area contributed by atoms with Crippen molar-refractivity contribution in [2.24, 2.45) is 0 Å². The number of carbonyl (C=O) groups excluding carboxylic acids is 1. The average molecular weight is 466 g/mol. The van der Waals surface area contributed by atoms with Gasteiger partial charge in [0.15, 0.2) is 0 Å². The van der Waals surface area contributed by atoms with E-state index in [0.717, 1.165) is 6.07 Å². The number of nitrogens with zero attached hydrogens (tertiary/aromatic N) is 6. The van der Waals surface area contributed by atoms with Gasteiger partial charge in [-0.2, -0.15) is 23.3 Å². The molecule has 3 aromatic heterocycles. The summed E-state index contributed by atoms with van der Waals surface area (Å²) in [6, 6.07) is 2.92. The molecule has 5 rings (SSSR count). The molecular weight excluding hydrogens is 447 g/mol. The van der Waals surface area contributed by atoms with Crippen molar-refractivity contribution in [2.45, 2.75) is 63.2 Å². The molecule has 2 aliphatic heterocycles. The maximum absolute atomic E-state index is 13.5. The Kier molecular flexibility index (Phi) is 5.05. The van der Waals surface area contributed by atoms with Crippen LogP contribution in [0.3, 0.4) is 0 Å². The van der Waals surface area contributed by atoms with E-state index in [1.54, 1.807) is 4.90 Å². The van der Waals surface area contributed by atoms with Crippen molar-refractivity contribution in [3.05, 3.63) is 52.9 Å². The smallest absolute Gasteiger partial charge is 0.332 e. The molecule has 174 valence electrons. The van der Waals surface area contributed by atoms with Crippen LogP contribution in [0, 0.1) is 6.92 Å². The number of halogens is 5. The minimum atomic E-state index is -4.67. The van der Waals surface area contributed by atoms with Crippen molar-refractivity contribution in [1.82, 2.24) is 29.5 Å². The molecule has 0 unspecified atom stereocenters. The van der Waals surface area contributed by atoms with Crippen molar-refractivity contribution >= 4 is 11.7 Å². The fraction of sp³-hybridized carbons (Fsp3) is 0.476. The number of carbonyl (C=O) groups is 1. The number of alkyl halides is 5. The summed E-state index contributed by atoms with van der Waals surface area (Å²) in [6.45, 7) is 1.41. The molecule has 2 saturated heterocycles. The van der Waals surface area contributed by atoms with Gasteiger partial charge in [-0.3, -0.25) is 4.79 Å². The third-order valence-electron chi connectivity index (χ3n) is 6.45. The Bertz CT molecular complexity index is 1230. The van der Waals surface area contributed by atoms with Crippen LogP contribution in [-0.2, 0) is 6.18 Å². The molecule has 7 nitrogen and oxygen atoms in total. The molecule has 3 aromatic rings. The van der Waals surface area contributed by atoms with Gasteiger partial charge in [0.25, 0.3) is 18.1 Å². The molecule has 3 atom stereocenters. The molecule has 2 aliphatic rings. The quantitative estimate of drug-likeness (QED) is 0.537. The maximum atomic E-state index is 13.5. The first-order valence-corrected chi connectivity index (χ1v) is 10.5. The van der Waals surface area contributed by atoms with E-state index in [-0.39, 0.29) is 35.0 Å². The first-order chi connectivity index (χ1) is 15.6. The highest BCUT2D eigenvalue weighted by molar-refractivity contribution is 5.95. The summed E-state index contributed by atoms with van der Waals surface area (Å²) in [6.07, 6.45) is -3.72. The van der Waals surface area contributed by atoms with Gasteiger partial charge in [-0.05, 0) is 50.8 Å². The molecule has 12 heteroatoms. The van der Waals surface area contributed by atoms with Gasteiger partial charge in [0.05, 0.1) is 5.69 Å². The minimum Gasteiger partial charge on any atom is -0.332 e. The fourth-order valence-electron chi connectivity index (χ4n) is 5.13. The van der Waals surface area contributed by atoms with Gasteiger partial charge in [0.1, 0.15) is 17.7 Å². The van der Waals surface area contributed by atoms with Crippen LogP contribution in [0.15, 0.2) is 24.5 Å². The molecule has 33 heavy (non-hydrogen) atoms. The Balaban J connectivity index is 1.54. The first-order valence-electron chi connectivity index (χ1n) is 10.5. The highest BCUT2D eigenvalue weighted by atomic mass is 19.4. The SMILES string of the molecule is Cc1cc(C(=O)N2[C@H]3CC[C@@H]2[C@H](c2cc(C(F)F)nc4ncnn24)CC3)cc(C(F)(F)F)n1. The lowest BCUT2D eigenvalue weighted by molar-refractivity contribution is -0.141. The number of aromatic nitrogens is 5. The van der Waals surface area contributed by atoms with Crippen LogP contribution >= 0.6 is 0 Å². The summed E-state index contributed by atoms with van der Waals surface area (Å²) in [7, 11) is 0. The number of amides is 1. The lowest BCUT2D eigenvalue weighted by Gasteiger charge is -2.40. The van der Waals surface area contributed by atoms with Crippen LogP contribution in [0.4, 0.5) is 22.0 Å². The zero-order valence-corrected chi connectivity index (χ0v) is 17.4. The summed E-state index contributed by atoms with van der Waals surface area (Å²) in [5, 5.41) is 4.12. The monoisotopic (exact) mass is 466 g/mol. The number of aryl methyl sites for hydroxylation is 1. The second-order valence-electron chi connectivity index (χ2n) is 8.45. The topological polar surface area (TPSA) is 76.3 Å². The molecule has 0 spiro atoms. The Hall–Kier alpha value is -3.18. The molecule has 0 N–H and O–H groups in total. The molecule has 0 saturated carbocycles. The number of pyridine rings is 1. The zero-order valence-electron chi connectivity index (χ0n) is 17.4. The summed E-state index contributed by atoms with van der Waals surface area (Å²) >= 11 is 0. The average Bonchev–Trinajstić information content (AvgIpc) is 3.34. The summed E-state index contributed by atoms with van der Waals surface area (Å²) in [4.78, 5) is 26.3. The van der Waals surface area contributed by atoms with Gasteiger partial charge in [-0.1, -0.05) is 0 Å². The molecule has 2 bridgehead atoms. The summed E-state index contributed by atoms with van der Waals surface area (Å²) < 4.78 is 68.1.